The number of benzene rings is 4. The molecule has 1 fully saturated rings. The van der Waals surface area contributed by atoms with Crippen molar-refractivity contribution in [3.05, 3.63) is 117 Å². The van der Waals surface area contributed by atoms with Crippen LogP contribution < -0.4 is 9.47 Å². The summed E-state index contributed by atoms with van der Waals surface area (Å²) < 4.78 is 23.3. The summed E-state index contributed by atoms with van der Waals surface area (Å²) in [5.74, 6) is 1.50. The first-order chi connectivity index (χ1) is 23.1. The van der Waals surface area contributed by atoms with Gasteiger partial charge in [-0.05, 0) is 83.3 Å². The van der Waals surface area contributed by atoms with Crippen molar-refractivity contribution in [2.75, 3.05) is 33.0 Å². The fourth-order valence-electron chi connectivity index (χ4n) is 7.47. The van der Waals surface area contributed by atoms with Crippen molar-refractivity contribution in [1.82, 2.24) is 0 Å². The minimum atomic E-state index is -1.51. The van der Waals surface area contributed by atoms with Crippen LogP contribution in [0, 0.1) is 27.7 Å². The third-order valence-corrected chi connectivity index (χ3v) is 9.54. The summed E-state index contributed by atoms with van der Waals surface area (Å²) in [6.45, 7) is 7.96. The van der Waals surface area contributed by atoms with Crippen LogP contribution in [0.25, 0.3) is 11.1 Å². The summed E-state index contributed by atoms with van der Waals surface area (Å²) >= 11 is 0. The quantitative estimate of drug-likeness (QED) is 0.134. The molecule has 1 aliphatic heterocycles. The van der Waals surface area contributed by atoms with Crippen LogP contribution in [0.3, 0.4) is 0 Å². The van der Waals surface area contributed by atoms with Gasteiger partial charge in [0.2, 0.25) is 0 Å². The molecular formula is C39H44O9. The van der Waals surface area contributed by atoms with Gasteiger partial charge >= 0.3 is 0 Å². The van der Waals surface area contributed by atoms with Crippen LogP contribution in [0.15, 0.2) is 72.8 Å². The number of aliphatic hydroxyl groups is 5. The van der Waals surface area contributed by atoms with Gasteiger partial charge in [0.05, 0.1) is 25.2 Å². The number of rotatable bonds is 11. The molecule has 1 heterocycles. The van der Waals surface area contributed by atoms with Gasteiger partial charge in [-0.1, -0.05) is 72.8 Å². The molecule has 9 nitrogen and oxygen atoms in total. The van der Waals surface area contributed by atoms with E-state index in [0.29, 0.717) is 5.75 Å². The van der Waals surface area contributed by atoms with Gasteiger partial charge in [0.1, 0.15) is 49.1 Å². The highest BCUT2D eigenvalue weighted by molar-refractivity contribution is 5.86. The predicted molar refractivity (Wildman–Crippen MR) is 180 cm³/mol. The largest absolute Gasteiger partial charge is 0.491 e. The minimum Gasteiger partial charge on any atom is -0.491 e. The van der Waals surface area contributed by atoms with Crippen molar-refractivity contribution in [2.45, 2.75) is 63.8 Å². The van der Waals surface area contributed by atoms with Gasteiger partial charge in [0.15, 0.2) is 6.29 Å². The second-order valence-electron chi connectivity index (χ2n) is 12.7. The van der Waals surface area contributed by atoms with Crippen LogP contribution in [0.4, 0.5) is 0 Å². The van der Waals surface area contributed by atoms with Crippen LogP contribution in [-0.4, -0.2) is 89.3 Å². The van der Waals surface area contributed by atoms with E-state index in [4.69, 9.17) is 18.9 Å². The van der Waals surface area contributed by atoms with Crippen LogP contribution in [-0.2, 0) is 14.9 Å². The molecule has 0 aromatic heterocycles. The molecule has 1 saturated heterocycles. The van der Waals surface area contributed by atoms with Crippen molar-refractivity contribution in [2.24, 2.45) is 0 Å². The van der Waals surface area contributed by atoms with Crippen molar-refractivity contribution in [3.8, 4) is 22.6 Å². The van der Waals surface area contributed by atoms with E-state index in [2.05, 4.69) is 72.8 Å². The maximum Gasteiger partial charge on any atom is 0.186 e. The summed E-state index contributed by atoms with van der Waals surface area (Å²) in [6, 6.07) is 25.9. The van der Waals surface area contributed by atoms with Crippen LogP contribution in [0.5, 0.6) is 11.5 Å². The molecule has 9 heteroatoms. The molecule has 5 N–H and O–H groups in total. The SMILES string of the molecule is Cc1cc(C2(c3cc(C)c(OCCOC4O[C@H](CO)[C@@H](O)[C@H](O)[C@H]4O)c(C)c3)c3ccccc3-c3ccccc32)cc(C)c1OCCO. The van der Waals surface area contributed by atoms with Crippen LogP contribution in [0.2, 0.25) is 0 Å². The Hall–Kier alpha value is -3.80. The molecule has 48 heavy (non-hydrogen) atoms. The van der Waals surface area contributed by atoms with Gasteiger partial charge in [0.25, 0.3) is 0 Å². The predicted octanol–water partition coefficient (Wildman–Crippen LogP) is 3.85. The second kappa shape index (κ2) is 14.0. The van der Waals surface area contributed by atoms with Gasteiger partial charge in [-0.25, -0.2) is 0 Å². The monoisotopic (exact) mass is 656 g/mol. The van der Waals surface area contributed by atoms with Crippen molar-refractivity contribution in [3.63, 3.8) is 0 Å². The number of aryl methyl sites for hydroxylation is 4. The Labute approximate surface area is 280 Å². The second-order valence-corrected chi connectivity index (χ2v) is 12.7. The van der Waals surface area contributed by atoms with Crippen molar-refractivity contribution >= 4 is 0 Å². The molecule has 254 valence electrons. The average Bonchev–Trinajstić information content (AvgIpc) is 3.38. The molecule has 0 amide bonds. The van der Waals surface area contributed by atoms with Gasteiger partial charge < -0.3 is 44.5 Å². The highest BCUT2D eigenvalue weighted by Gasteiger charge is 2.47. The van der Waals surface area contributed by atoms with Crippen LogP contribution >= 0.6 is 0 Å². The maximum atomic E-state index is 10.3. The molecule has 1 aliphatic carbocycles. The van der Waals surface area contributed by atoms with E-state index in [1.54, 1.807) is 0 Å². The van der Waals surface area contributed by atoms with Gasteiger partial charge in [-0.3, -0.25) is 0 Å². The van der Waals surface area contributed by atoms with E-state index in [1.165, 1.54) is 22.3 Å². The summed E-state index contributed by atoms with van der Waals surface area (Å²) in [6.07, 6.45) is -6.68. The first-order valence-corrected chi connectivity index (χ1v) is 16.3. The molecule has 2 aliphatic rings. The smallest absolute Gasteiger partial charge is 0.186 e. The average molecular weight is 657 g/mol. The Bertz CT molecular complexity index is 1670. The summed E-state index contributed by atoms with van der Waals surface area (Å²) in [4.78, 5) is 0. The lowest BCUT2D eigenvalue weighted by molar-refractivity contribution is -0.301. The van der Waals surface area contributed by atoms with Gasteiger partial charge in [-0.2, -0.15) is 0 Å². The van der Waals surface area contributed by atoms with Crippen molar-refractivity contribution < 1.29 is 44.5 Å². The Balaban J connectivity index is 1.36. The zero-order chi connectivity index (χ0) is 34.2. The third-order valence-electron chi connectivity index (χ3n) is 9.54. The number of aliphatic hydroxyl groups excluding tert-OH is 5. The molecule has 4 aromatic rings. The summed E-state index contributed by atoms with van der Waals surface area (Å²) in [7, 11) is 0. The molecular weight excluding hydrogens is 612 g/mol. The van der Waals surface area contributed by atoms with Crippen LogP contribution in [0.1, 0.15) is 44.5 Å². The van der Waals surface area contributed by atoms with E-state index in [0.717, 1.165) is 39.1 Å². The number of hydrogen-bond donors (Lipinski definition) is 5. The van der Waals surface area contributed by atoms with E-state index < -0.39 is 42.7 Å². The minimum absolute atomic E-state index is 0.0390. The topological polar surface area (TPSA) is 138 Å². The molecule has 4 aromatic carbocycles. The molecule has 0 saturated carbocycles. The number of ether oxygens (including phenoxy) is 4. The zero-order valence-electron chi connectivity index (χ0n) is 27.7. The lowest BCUT2D eigenvalue weighted by Crippen LogP contribution is -2.59. The number of fused-ring (bicyclic) bond motifs is 3. The van der Waals surface area contributed by atoms with E-state index in [-0.39, 0.29) is 26.4 Å². The molecule has 0 radical (unpaired) electrons. The Morgan fingerprint density at radius 3 is 1.58 bits per heavy atom. The molecule has 1 unspecified atom stereocenters. The lowest BCUT2D eigenvalue weighted by Gasteiger charge is -2.39. The van der Waals surface area contributed by atoms with Gasteiger partial charge in [-0.15, -0.1) is 0 Å². The normalized spacial score (nSPS) is 22.6. The Morgan fingerprint density at radius 2 is 1.10 bits per heavy atom. The number of hydrogen-bond acceptors (Lipinski definition) is 9. The maximum absolute atomic E-state index is 10.3. The fraction of sp³-hybridized carbons (Fsp3) is 0.385. The van der Waals surface area contributed by atoms with E-state index in [1.807, 2.05) is 27.7 Å². The first kappa shape index (κ1) is 34.1. The fourth-order valence-corrected chi connectivity index (χ4v) is 7.47. The lowest BCUT2D eigenvalue weighted by atomic mass is 9.66. The van der Waals surface area contributed by atoms with E-state index in [9.17, 15) is 25.5 Å². The van der Waals surface area contributed by atoms with Crippen molar-refractivity contribution in [1.29, 1.82) is 0 Å². The molecule has 6 rings (SSSR count). The Morgan fingerprint density at radius 1 is 0.625 bits per heavy atom. The standard InChI is InChI=1S/C39H44O9/c1-22-17-26(18-23(2)36(22)45-14-13-40)39(30-11-7-5-9-28(30)29-10-6-8-12-31(29)39)27-19-24(3)37(25(4)20-27)46-15-16-47-38-35(44)34(43)33(42)32(21-41)48-38/h5-12,17-20,32-35,38,40-44H,13-16,21H2,1-4H3/t32-,33-,34+,35-,38?/m1/s1. The highest BCUT2D eigenvalue weighted by atomic mass is 16.7. The third kappa shape index (κ3) is 5.79. The summed E-state index contributed by atoms with van der Waals surface area (Å²) in [5, 5.41) is 49.3. The molecule has 0 spiro atoms. The zero-order valence-corrected chi connectivity index (χ0v) is 27.7. The molecule has 5 atom stereocenters. The Kier molecular flexibility index (Phi) is 9.92. The highest BCUT2D eigenvalue weighted by Crippen LogP contribution is 2.57. The summed E-state index contributed by atoms with van der Waals surface area (Å²) in [5.41, 5.74) is 10.2. The first-order valence-electron chi connectivity index (χ1n) is 16.3. The van der Waals surface area contributed by atoms with E-state index >= 15 is 0 Å². The van der Waals surface area contributed by atoms with Gasteiger partial charge in [0, 0.05) is 0 Å². The molecule has 0 bridgehead atoms.